The Bertz CT molecular complexity index is 1440. The summed E-state index contributed by atoms with van der Waals surface area (Å²) in [6, 6.07) is 19.7. The molecule has 0 fully saturated rings. The predicted octanol–water partition coefficient (Wildman–Crippen LogP) is 7.18. The van der Waals surface area contributed by atoms with Crippen LogP contribution in [0.2, 0.25) is 0 Å². The van der Waals surface area contributed by atoms with E-state index in [0.29, 0.717) is 34.1 Å². The molecule has 1 heterocycles. The molecule has 0 atom stereocenters. The van der Waals surface area contributed by atoms with E-state index in [2.05, 4.69) is 10.1 Å². The number of hydrogen-bond donors (Lipinski definition) is 1. The molecule has 0 aliphatic rings. The van der Waals surface area contributed by atoms with E-state index >= 15 is 0 Å². The summed E-state index contributed by atoms with van der Waals surface area (Å²) in [5, 5.41) is 2.76. The Balaban J connectivity index is 1.82. The lowest BCUT2D eigenvalue weighted by atomic mass is 9.94. The van der Waals surface area contributed by atoms with E-state index in [1.165, 1.54) is 30.3 Å². The maximum Gasteiger partial charge on any atom is 0.573 e. The van der Waals surface area contributed by atoms with Gasteiger partial charge in [-0.1, -0.05) is 54.6 Å². The number of halogens is 4. The summed E-state index contributed by atoms with van der Waals surface area (Å²) in [7, 11) is 0. The minimum Gasteiger partial charge on any atom is -0.406 e. The zero-order valence-electron chi connectivity index (χ0n) is 20.6. The van der Waals surface area contributed by atoms with Gasteiger partial charge in [-0.25, -0.2) is 4.39 Å². The zero-order chi connectivity index (χ0) is 27.4. The zero-order valence-corrected chi connectivity index (χ0v) is 20.6. The molecule has 1 N–H and O–H groups in total. The van der Waals surface area contributed by atoms with Gasteiger partial charge in [0.15, 0.2) is 6.29 Å². The number of aldehydes is 1. The maximum absolute atomic E-state index is 13.7. The Morgan fingerprint density at radius 1 is 0.947 bits per heavy atom. The first kappa shape index (κ1) is 26.7. The van der Waals surface area contributed by atoms with Gasteiger partial charge in [-0.05, 0) is 54.8 Å². The molecule has 0 unspecified atom stereocenters. The minimum absolute atomic E-state index is 0.0896. The van der Waals surface area contributed by atoms with Crippen LogP contribution in [0, 0.1) is 5.82 Å². The molecule has 0 saturated heterocycles. The van der Waals surface area contributed by atoms with Crippen molar-refractivity contribution in [2.24, 2.45) is 0 Å². The molecule has 38 heavy (non-hydrogen) atoms. The summed E-state index contributed by atoms with van der Waals surface area (Å²) in [6.07, 6.45) is -4.17. The lowest BCUT2D eigenvalue weighted by molar-refractivity contribution is -0.274. The number of hydrogen-bond acceptors (Lipinski definition) is 3. The molecule has 0 spiro atoms. The third-order valence-electron chi connectivity index (χ3n) is 5.87. The number of nitrogens with zero attached hydrogens (tertiary/aromatic N) is 1. The number of benzene rings is 3. The molecule has 0 radical (unpaired) electrons. The molecule has 4 aromatic rings. The van der Waals surface area contributed by atoms with Gasteiger partial charge in [-0.15, -0.1) is 13.2 Å². The van der Waals surface area contributed by atoms with Gasteiger partial charge in [0.25, 0.3) is 5.91 Å². The number of rotatable bonds is 8. The second-order valence-electron chi connectivity index (χ2n) is 8.82. The van der Waals surface area contributed by atoms with Crippen LogP contribution in [-0.2, 0) is 6.54 Å². The Kier molecular flexibility index (Phi) is 7.66. The van der Waals surface area contributed by atoms with Crippen molar-refractivity contribution in [3.05, 3.63) is 102 Å². The lowest BCUT2D eigenvalue weighted by Gasteiger charge is -2.16. The maximum atomic E-state index is 13.7. The third kappa shape index (κ3) is 5.77. The van der Waals surface area contributed by atoms with Crippen LogP contribution in [0.3, 0.4) is 0 Å². The van der Waals surface area contributed by atoms with Crippen molar-refractivity contribution in [2.75, 3.05) is 0 Å². The first-order chi connectivity index (χ1) is 18.1. The first-order valence-electron chi connectivity index (χ1n) is 11.8. The van der Waals surface area contributed by atoms with Crippen LogP contribution in [0.15, 0.2) is 78.9 Å². The largest absolute Gasteiger partial charge is 0.573 e. The van der Waals surface area contributed by atoms with Gasteiger partial charge in [-0.3, -0.25) is 9.59 Å². The normalized spacial score (nSPS) is 11.4. The summed E-state index contributed by atoms with van der Waals surface area (Å²) in [6.45, 7) is 3.56. The van der Waals surface area contributed by atoms with Gasteiger partial charge in [0.1, 0.15) is 17.3 Å². The number of carbonyl (C=O) groups is 2. The van der Waals surface area contributed by atoms with Crippen LogP contribution < -0.4 is 10.1 Å². The summed E-state index contributed by atoms with van der Waals surface area (Å²) in [4.78, 5) is 26.1. The smallest absolute Gasteiger partial charge is 0.406 e. The van der Waals surface area contributed by atoms with E-state index in [1.807, 2.05) is 19.9 Å². The van der Waals surface area contributed by atoms with Crippen molar-refractivity contribution in [2.45, 2.75) is 32.8 Å². The van der Waals surface area contributed by atoms with Gasteiger partial charge >= 0.3 is 6.36 Å². The van der Waals surface area contributed by atoms with Crippen LogP contribution in [-0.4, -0.2) is 23.1 Å². The molecule has 0 aliphatic carbocycles. The van der Waals surface area contributed by atoms with Crippen LogP contribution in [0.1, 0.15) is 46.4 Å². The van der Waals surface area contributed by atoms with Crippen molar-refractivity contribution in [1.82, 2.24) is 9.88 Å². The SMILES string of the molecule is CC(C)n1c(C=O)c(-c2ccc(F)cc2)c(-c2ccccc2)c1C(=O)NCc1cccc(OC(F)(F)F)c1. The topological polar surface area (TPSA) is 60.3 Å². The van der Waals surface area contributed by atoms with Gasteiger partial charge in [-0.2, -0.15) is 0 Å². The van der Waals surface area contributed by atoms with E-state index in [9.17, 15) is 27.2 Å². The predicted molar refractivity (Wildman–Crippen MR) is 135 cm³/mol. The Morgan fingerprint density at radius 3 is 2.21 bits per heavy atom. The van der Waals surface area contributed by atoms with Gasteiger partial charge < -0.3 is 14.6 Å². The average molecular weight is 525 g/mol. The highest BCUT2D eigenvalue weighted by Gasteiger charge is 2.32. The van der Waals surface area contributed by atoms with Crippen LogP contribution in [0.5, 0.6) is 5.75 Å². The minimum atomic E-state index is -4.84. The Hall–Kier alpha value is -4.40. The molecule has 1 aromatic heterocycles. The number of alkyl halides is 3. The number of carbonyl (C=O) groups excluding carboxylic acids is 2. The lowest BCUT2D eigenvalue weighted by Crippen LogP contribution is -2.27. The highest BCUT2D eigenvalue weighted by Crippen LogP contribution is 2.41. The summed E-state index contributed by atoms with van der Waals surface area (Å²) >= 11 is 0. The van der Waals surface area contributed by atoms with E-state index in [4.69, 9.17) is 0 Å². The molecular weight excluding hydrogens is 500 g/mol. The third-order valence-corrected chi connectivity index (χ3v) is 5.87. The number of aromatic nitrogens is 1. The standard InChI is InChI=1S/C29H24F4N2O3/c1-18(2)35-24(17-36)25(21-11-13-22(30)14-12-21)26(20-8-4-3-5-9-20)27(35)28(37)34-16-19-7-6-10-23(15-19)38-29(31,32)33/h3-15,17-18H,16H2,1-2H3,(H,34,37). The average Bonchev–Trinajstić information content (AvgIpc) is 3.23. The molecule has 0 saturated carbocycles. The van der Waals surface area contributed by atoms with E-state index < -0.39 is 23.8 Å². The molecular formula is C29H24F4N2O3. The Labute approximate surface area is 216 Å². The molecule has 5 nitrogen and oxygen atoms in total. The molecule has 9 heteroatoms. The van der Waals surface area contributed by atoms with Crippen molar-refractivity contribution >= 4 is 12.2 Å². The summed E-state index contributed by atoms with van der Waals surface area (Å²) in [5.74, 6) is -1.38. The van der Waals surface area contributed by atoms with E-state index in [1.54, 1.807) is 47.0 Å². The monoisotopic (exact) mass is 524 g/mol. The highest BCUT2D eigenvalue weighted by molar-refractivity contribution is 6.08. The van der Waals surface area contributed by atoms with Crippen LogP contribution in [0.25, 0.3) is 22.3 Å². The van der Waals surface area contributed by atoms with Crippen molar-refractivity contribution in [1.29, 1.82) is 0 Å². The van der Waals surface area contributed by atoms with E-state index in [0.717, 1.165) is 0 Å². The highest BCUT2D eigenvalue weighted by atomic mass is 19.4. The van der Waals surface area contributed by atoms with Crippen molar-refractivity contribution < 1.29 is 31.9 Å². The molecule has 0 bridgehead atoms. The van der Waals surface area contributed by atoms with Gasteiger partial charge in [0.05, 0.1) is 5.69 Å². The van der Waals surface area contributed by atoms with Crippen molar-refractivity contribution in [3.8, 4) is 28.0 Å². The van der Waals surface area contributed by atoms with Crippen LogP contribution in [0.4, 0.5) is 17.6 Å². The van der Waals surface area contributed by atoms with E-state index in [-0.39, 0.29) is 24.0 Å². The second-order valence-corrected chi connectivity index (χ2v) is 8.82. The number of ether oxygens (including phenoxy) is 1. The van der Waals surface area contributed by atoms with Gasteiger partial charge in [0.2, 0.25) is 0 Å². The molecule has 1 amide bonds. The summed E-state index contributed by atoms with van der Waals surface area (Å²) < 4.78 is 57.2. The molecule has 4 rings (SSSR count). The van der Waals surface area contributed by atoms with Crippen LogP contribution >= 0.6 is 0 Å². The second kappa shape index (κ2) is 10.9. The fourth-order valence-corrected chi connectivity index (χ4v) is 4.40. The molecule has 196 valence electrons. The fraction of sp³-hybridized carbons (Fsp3) is 0.172. The number of amides is 1. The number of nitrogens with one attached hydrogen (secondary N) is 1. The first-order valence-corrected chi connectivity index (χ1v) is 11.8. The summed E-state index contributed by atoms with van der Waals surface area (Å²) in [5.41, 5.74) is 3.02. The van der Waals surface area contributed by atoms with Crippen molar-refractivity contribution in [3.63, 3.8) is 0 Å². The molecule has 3 aromatic carbocycles. The fourth-order valence-electron chi connectivity index (χ4n) is 4.40. The van der Waals surface area contributed by atoms with Gasteiger partial charge in [0, 0.05) is 23.7 Å². The molecule has 0 aliphatic heterocycles. The quantitative estimate of drug-likeness (QED) is 0.196. The Morgan fingerprint density at radius 2 is 1.61 bits per heavy atom.